The van der Waals surface area contributed by atoms with Crippen LogP contribution in [0.15, 0.2) is 34.4 Å². The van der Waals surface area contributed by atoms with Crippen LogP contribution in [0.5, 0.6) is 0 Å². The normalized spacial score (nSPS) is 14.2. The van der Waals surface area contributed by atoms with E-state index in [9.17, 15) is 10.1 Å². The van der Waals surface area contributed by atoms with E-state index < -0.39 is 0 Å². The molecular formula is C21H23N5OS. The maximum absolute atomic E-state index is 13.4. The maximum Gasteiger partial charge on any atom is 0.273 e. The Morgan fingerprint density at radius 1 is 1.25 bits per heavy atom. The summed E-state index contributed by atoms with van der Waals surface area (Å²) in [6.07, 6.45) is 3.42. The molecule has 0 bridgehead atoms. The van der Waals surface area contributed by atoms with Gasteiger partial charge >= 0.3 is 0 Å². The van der Waals surface area contributed by atoms with Crippen molar-refractivity contribution in [3.05, 3.63) is 51.1 Å². The van der Waals surface area contributed by atoms with E-state index in [1.165, 1.54) is 17.8 Å². The first-order chi connectivity index (χ1) is 13.7. The molecule has 2 aromatic heterocycles. The van der Waals surface area contributed by atoms with Gasteiger partial charge in [0.15, 0.2) is 0 Å². The highest BCUT2D eigenvalue weighted by atomic mass is 32.1. The minimum Gasteiger partial charge on any atom is -0.383 e. The third kappa shape index (κ3) is 3.36. The number of nitrogens with zero attached hydrogens (tertiary/aromatic N) is 4. The van der Waals surface area contributed by atoms with Crippen LogP contribution in [-0.2, 0) is 6.54 Å². The fraction of sp³-hybridized carbons (Fsp3) is 0.381. The molecule has 0 atom stereocenters. The zero-order valence-electron chi connectivity index (χ0n) is 15.9. The van der Waals surface area contributed by atoms with E-state index in [0.29, 0.717) is 22.8 Å². The minimum absolute atomic E-state index is 0.0348. The van der Waals surface area contributed by atoms with E-state index in [1.807, 2.05) is 30.5 Å². The number of fused-ring (bicyclic) bond motifs is 1. The predicted octanol–water partition coefficient (Wildman–Crippen LogP) is 3.80. The molecule has 0 radical (unpaired) electrons. The van der Waals surface area contributed by atoms with Gasteiger partial charge in [-0.2, -0.15) is 5.26 Å². The molecule has 144 valence electrons. The second-order valence-corrected chi connectivity index (χ2v) is 7.86. The molecule has 0 aliphatic carbocycles. The number of rotatable bonds is 5. The first-order valence-corrected chi connectivity index (χ1v) is 10.6. The molecule has 6 nitrogen and oxygen atoms in total. The molecular weight excluding hydrogens is 370 g/mol. The largest absolute Gasteiger partial charge is 0.383 e. The molecule has 0 saturated carbocycles. The average molecular weight is 394 g/mol. The van der Waals surface area contributed by atoms with Crippen molar-refractivity contribution in [1.82, 2.24) is 9.55 Å². The molecule has 1 aromatic carbocycles. The van der Waals surface area contributed by atoms with E-state index in [4.69, 9.17) is 4.98 Å². The summed E-state index contributed by atoms with van der Waals surface area (Å²) in [5.41, 5.74) is 3.07. The lowest BCUT2D eigenvalue weighted by Crippen LogP contribution is -2.36. The molecule has 1 fully saturated rings. The number of thiophene rings is 1. The highest BCUT2D eigenvalue weighted by Gasteiger charge is 2.22. The van der Waals surface area contributed by atoms with Crippen molar-refractivity contribution < 1.29 is 0 Å². The van der Waals surface area contributed by atoms with Crippen molar-refractivity contribution in [1.29, 1.82) is 5.26 Å². The topological polar surface area (TPSA) is 74.0 Å². The number of nitrogens with one attached hydrogen (secondary N) is 1. The van der Waals surface area contributed by atoms with Crippen molar-refractivity contribution >= 4 is 33.2 Å². The van der Waals surface area contributed by atoms with Gasteiger partial charge in [0.05, 0.1) is 23.9 Å². The predicted molar refractivity (Wildman–Crippen MR) is 114 cm³/mol. The summed E-state index contributed by atoms with van der Waals surface area (Å²) < 4.78 is 2.40. The van der Waals surface area contributed by atoms with Crippen molar-refractivity contribution in [3.63, 3.8) is 0 Å². The third-order valence-electron chi connectivity index (χ3n) is 5.13. The van der Waals surface area contributed by atoms with Crippen molar-refractivity contribution in [3.8, 4) is 6.07 Å². The Kier molecular flexibility index (Phi) is 5.31. The third-order valence-corrected chi connectivity index (χ3v) is 6.09. The van der Waals surface area contributed by atoms with Crippen molar-refractivity contribution in [2.75, 3.05) is 29.9 Å². The smallest absolute Gasteiger partial charge is 0.273 e. The molecule has 1 N–H and O–H groups in total. The minimum atomic E-state index is -0.0348. The van der Waals surface area contributed by atoms with Crippen molar-refractivity contribution in [2.45, 2.75) is 32.7 Å². The Hall–Kier alpha value is -2.85. The molecule has 4 rings (SSSR count). The number of nitriles is 1. The first-order valence-electron chi connectivity index (χ1n) is 9.71. The van der Waals surface area contributed by atoms with E-state index in [0.717, 1.165) is 49.2 Å². The zero-order chi connectivity index (χ0) is 19.5. The summed E-state index contributed by atoms with van der Waals surface area (Å²) in [6.45, 7) is 4.98. The maximum atomic E-state index is 13.4. The standard InChI is InChI=1S/C21H23N5OS/c1-2-23-17-14-28-19-18(17)24-21(25-10-6-3-7-11-25)26(20(19)27)13-16-9-5-4-8-15(16)12-22/h4-5,8-9,14,23H,2-3,6-7,10-11,13H2,1H3. The summed E-state index contributed by atoms with van der Waals surface area (Å²) in [4.78, 5) is 20.6. The van der Waals surface area contributed by atoms with E-state index in [-0.39, 0.29) is 5.56 Å². The van der Waals surface area contributed by atoms with Crippen LogP contribution in [0.1, 0.15) is 37.3 Å². The van der Waals surface area contributed by atoms with Crippen LogP contribution >= 0.6 is 11.3 Å². The number of hydrogen-bond donors (Lipinski definition) is 1. The molecule has 0 spiro atoms. The van der Waals surface area contributed by atoms with E-state index in [1.54, 1.807) is 10.6 Å². The first kappa shape index (κ1) is 18.5. The molecule has 7 heteroatoms. The van der Waals surface area contributed by atoms with Crippen LogP contribution in [0.2, 0.25) is 0 Å². The van der Waals surface area contributed by atoms with E-state index in [2.05, 4.69) is 16.3 Å². The SMILES string of the molecule is CCNc1csc2c(=O)n(Cc3ccccc3C#N)c(N3CCCCC3)nc12. The van der Waals surface area contributed by atoms with Crippen LogP contribution < -0.4 is 15.8 Å². The van der Waals surface area contributed by atoms with Gasteiger partial charge in [0.2, 0.25) is 5.95 Å². The van der Waals surface area contributed by atoms with Crippen LogP contribution in [0, 0.1) is 11.3 Å². The zero-order valence-corrected chi connectivity index (χ0v) is 16.8. The van der Waals surface area contributed by atoms with Crippen LogP contribution in [0.3, 0.4) is 0 Å². The van der Waals surface area contributed by atoms with Gasteiger partial charge in [0, 0.05) is 25.0 Å². The Morgan fingerprint density at radius 2 is 2.04 bits per heavy atom. The van der Waals surface area contributed by atoms with Gasteiger partial charge in [-0.15, -0.1) is 11.3 Å². The van der Waals surface area contributed by atoms with Crippen LogP contribution in [-0.4, -0.2) is 29.2 Å². The number of aromatic nitrogens is 2. The second kappa shape index (κ2) is 8.03. The van der Waals surface area contributed by atoms with Gasteiger partial charge in [-0.3, -0.25) is 9.36 Å². The molecule has 1 aliphatic rings. The second-order valence-electron chi connectivity index (χ2n) is 6.98. The molecule has 1 aliphatic heterocycles. The lowest BCUT2D eigenvalue weighted by Gasteiger charge is -2.29. The Labute approximate surface area is 168 Å². The molecule has 3 aromatic rings. The summed E-state index contributed by atoms with van der Waals surface area (Å²) in [5, 5.41) is 14.7. The van der Waals surface area contributed by atoms with Gasteiger partial charge in [0.25, 0.3) is 5.56 Å². The monoisotopic (exact) mass is 393 g/mol. The van der Waals surface area contributed by atoms with Gasteiger partial charge in [-0.25, -0.2) is 4.98 Å². The van der Waals surface area contributed by atoms with Gasteiger partial charge in [-0.05, 0) is 37.8 Å². The van der Waals surface area contributed by atoms with Crippen molar-refractivity contribution in [2.24, 2.45) is 0 Å². The summed E-state index contributed by atoms with van der Waals surface area (Å²) in [7, 11) is 0. The summed E-state index contributed by atoms with van der Waals surface area (Å²) in [6, 6.07) is 9.69. The summed E-state index contributed by atoms with van der Waals surface area (Å²) in [5.74, 6) is 0.711. The Bertz CT molecular complexity index is 1090. The lowest BCUT2D eigenvalue weighted by molar-refractivity contribution is 0.553. The highest BCUT2D eigenvalue weighted by Crippen LogP contribution is 2.29. The molecule has 28 heavy (non-hydrogen) atoms. The molecule has 3 heterocycles. The molecule has 0 unspecified atom stereocenters. The van der Waals surface area contributed by atoms with Gasteiger partial charge < -0.3 is 10.2 Å². The fourth-order valence-electron chi connectivity index (χ4n) is 3.72. The quantitative estimate of drug-likeness (QED) is 0.714. The highest BCUT2D eigenvalue weighted by molar-refractivity contribution is 7.17. The number of benzene rings is 1. The van der Waals surface area contributed by atoms with Gasteiger partial charge in [0.1, 0.15) is 10.2 Å². The number of anilines is 2. The van der Waals surface area contributed by atoms with E-state index >= 15 is 0 Å². The number of hydrogen-bond acceptors (Lipinski definition) is 6. The summed E-state index contributed by atoms with van der Waals surface area (Å²) >= 11 is 1.43. The number of piperidine rings is 1. The Morgan fingerprint density at radius 3 is 2.79 bits per heavy atom. The molecule has 0 amide bonds. The molecule has 1 saturated heterocycles. The fourth-order valence-corrected chi connectivity index (χ4v) is 4.63. The average Bonchev–Trinajstić information content (AvgIpc) is 3.14. The van der Waals surface area contributed by atoms with Gasteiger partial charge in [-0.1, -0.05) is 18.2 Å². The lowest BCUT2D eigenvalue weighted by atomic mass is 10.1. The van der Waals surface area contributed by atoms with Crippen LogP contribution in [0.4, 0.5) is 11.6 Å². The Balaban J connectivity index is 1.89. The van der Waals surface area contributed by atoms with Crippen LogP contribution in [0.25, 0.3) is 10.2 Å².